The first-order valence-electron chi connectivity index (χ1n) is 15.1. The average molecular weight is 565 g/mol. The predicted molar refractivity (Wildman–Crippen MR) is 161 cm³/mol. The number of aryl methyl sites for hydroxylation is 1. The van der Waals surface area contributed by atoms with Crippen LogP contribution < -0.4 is 20.5 Å². The summed E-state index contributed by atoms with van der Waals surface area (Å²) in [5.74, 6) is 1.12. The number of hydrogen-bond acceptors (Lipinski definition) is 7. The van der Waals surface area contributed by atoms with Crippen molar-refractivity contribution in [3.05, 3.63) is 56.7 Å². The van der Waals surface area contributed by atoms with Gasteiger partial charge in [0.25, 0.3) is 11.5 Å². The number of nitrogens with one attached hydrogen (secondary N) is 2. The first-order chi connectivity index (χ1) is 19.9. The van der Waals surface area contributed by atoms with Crippen LogP contribution in [0.25, 0.3) is 11.0 Å². The van der Waals surface area contributed by atoms with Gasteiger partial charge < -0.3 is 29.1 Å². The van der Waals surface area contributed by atoms with Crippen LogP contribution in [0.5, 0.6) is 5.75 Å². The number of benzene rings is 1. The molecule has 4 heterocycles. The highest BCUT2D eigenvalue weighted by atomic mass is 16.5. The number of carbonyl (C=O) groups excluding carboxylic acids is 1. The molecule has 1 amide bonds. The van der Waals surface area contributed by atoms with Gasteiger partial charge in [0.05, 0.1) is 31.3 Å². The summed E-state index contributed by atoms with van der Waals surface area (Å²) in [6.45, 7) is 11.3. The molecule has 2 saturated heterocycles. The van der Waals surface area contributed by atoms with E-state index >= 15 is 0 Å². The van der Waals surface area contributed by atoms with Gasteiger partial charge in [-0.1, -0.05) is 13.3 Å². The van der Waals surface area contributed by atoms with Crippen LogP contribution in [-0.2, 0) is 24.2 Å². The molecule has 2 aliphatic heterocycles. The van der Waals surface area contributed by atoms with Crippen molar-refractivity contribution in [2.24, 2.45) is 0 Å². The Morgan fingerprint density at radius 1 is 1.12 bits per heavy atom. The first-order valence-corrected chi connectivity index (χ1v) is 15.1. The number of H-pyrrole nitrogens is 1. The summed E-state index contributed by atoms with van der Waals surface area (Å²) in [5, 5.41) is 3.86. The molecule has 0 unspecified atom stereocenters. The molecule has 2 aliphatic rings. The largest absolute Gasteiger partial charge is 0.496 e. The van der Waals surface area contributed by atoms with E-state index < -0.39 is 0 Å². The summed E-state index contributed by atoms with van der Waals surface area (Å²) >= 11 is 0. The highest BCUT2D eigenvalue weighted by Gasteiger charge is 2.28. The third-order valence-corrected chi connectivity index (χ3v) is 8.53. The maximum Gasteiger partial charge on any atom is 0.256 e. The molecular formula is C32H44N4O5. The number of fused-ring (bicyclic) bond motifs is 1. The van der Waals surface area contributed by atoms with Crippen LogP contribution in [-0.4, -0.2) is 61.8 Å². The van der Waals surface area contributed by atoms with Crippen molar-refractivity contribution < 1.29 is 18.7 Å². The van der Waals surface area contributed by atoms with Gasteiger partial charge in [-0.05, 0) is 76.7 Å². The van der Waals surface area contributed by atoms with Crippen LogP contribution >= 0.6 is 0 Å². The van der Waals surface area contributed by atoms with Gasteiger partial charge in [0.2, 0.25) is 0 Å². The SMILES string of the molecule is CCc1c(N(CC)C2CCOCC2)cc2oc(CN3CCCCC3)cc2c1C(=O)NCc1c(OC)cc(C)[nH]c1=O. The van der Waals surface area contributed by atoms with Gasteiger partial charge in [0, 0.05) is 48.6 Å². The summed E-state index contributed by atoms with van der Waals surface area (Å²) < 4.78 is 17.6. The molecule has 0 bridgehead atoms. The van der Waals surface area contributed by atoms with E-state index in [0.717, 1.165) is 80.2 Å². The molecule has 41 heavy (non-hydrogen) atoms. The van der Waals surface area contributed by atoms with Crippen LogP contribution in [0.15, 0.2) is 27.4 Å². The summed E-state index contributed by atoms with van der Waals surface area (Å²) in [6, 6.07) is 6.30. The highest BCUT2D eigenvalue weighted by Crippen LogP contribution is 2.37. The molecular weight excluding hydrogens is 520 g/mol. The second-order valence-electron chi connectivity index (χ2n) is 11.2. The van der Waals surface area contributed by atoms with Crippen LogP contribution in [0.2, 0.25) is 0 Å². The molecule has 2 N–H and O–H groups in total. The maximum absolute atomic E-state index is 14.1. The number of piperidine rings is 1. The lowest BCUT2D eigenvalue weighted by atomic mass is 9.95. The van der Waals surface area contributed by atoms with E-state index in [1.807, 2.05) is 6.07 Å². The number of anilines is 1. The molecule has 9 nitrogen and oxygen atoms in total. The zero-order valence-corrected chi connectivity index (χ0v) is 24.9. The number of methoxy groups -OCH3 is 1. The third kappa shape index (κ3) is 6.31. The molecule has 2 aromatic heterocycles. The van der Waals surface area contributed by atoms with E-state index in [2.05, 4.69) is 40.0 Å². The molecule has 2 fully saturated rings. The second kappa shape index (κ2) is 13.1. The fourth-order valence-electron chi connectivity index (χ4n) is 6.47. The molecule has 5 rings (SSSR count). The first kappa shape index (κ1) is 29.2. The lowest BCUT2D eigenvalue weighted by Gasteiger charge is -2.37. The minimum Gasteiger partial charge on any atom is -0.496 e. The Labute approximate surface area is 242 Å². The number of likely N-dealkylation sites (tertiary alicyclic amines) is 1. The van der Waals surface area contributed by atoms with Crippen molar-refractivity contribution in [2.45, 2.75) is 78.4 Å². The van der Waals surface area contributed by atoms with E-state index in [9.17, 15) is 9.59 Å². The minimum absolute atomic E-state index is 0.0580. The van der Waals surface area contributed by atoms with Gasteiger partial charge in [0.1, 0.15) is 17.1 Å². The zero-order valence-electron chi connectivity index (χ0n) is 24.9. The molecule has 9 heteroatoms. The Morgan fingerprint density at radius 3 is 2.56 bits per heavy atom. The lowest BCUT2D eigenvalue weighted by Crippen LogP contribution is -2.40. The Morgan fingerprint density at radius 2 is 1.88 bits per heavy atom. The van der Waals surface area contributed by atoms with Crippen molar-refractivity contribution in [3.63, 3.8) is 0 Å². The van der Waals surface area contributed by atoms with Crippen LogP contribution in [0.1, 0.15) is 78.9 Å². The van der Waals surface area contributed by atoms with Crippen LogP contribution in [0.4, 0.5) is 5.69 Å². The van der Waals surface area contributed by atoms with Gasteiger partial charge in [0.15, 0.2) is 0 Å². The van der Waals surface area contributed by atoms with Crippen molar-refractivity contribution in [1.82, 2.24) is 15.2 Å². The Hall–Kier alpha value is -3.30. The fraction of sp³-hybridized carbons (Fsp3) is 0.562. The topological polar surface area (TPSA) is 100 Å². The van der Waals surface area contributed by atoms with Gasteiger partial charge in [-0.15, -0.1) is 0 Å². The number of pyridine rings is 1. The number of furan rings is 1. The van der Waals surface area contributed by atoms with Crippen molar-refractivity contribution in [2.75, 3.05) is 44.9 Å². The van der Waals surface area contributed by atoms with Crippen molar-refractivity contribution in [3.8, 4) is 5.75 Å². The number of ether oxygens (including phenoxy) is 2. The monoisotopic (exact) mass is 564 g/mol. The van der Waals surface area contributed by atoms with Gasteiger partial charge in [-0.25, -0.2) is 0 Å². The minimum atomic E-state index is -0.263. The van der Waals surface area contributed by atoms with Crippen molar-refractivity contribution in [1.29, 1.82) is 0 Å². The van der Waals surface area contributed by atoms with Gasteiger partial charge in [-0.2, -0.15) is 0 Å². The number of aromatic nitrogens is 1. The number of nitrogens with zero attached hydrogens (tertiary/aromatic N) is 2. The molecule has 222 valence electrons. The van der Waals surface area contributed by atoms with Gasteiger partial charge >= 0.3 is 0 Å². The molecule has 0 spiro atoms. The lowest BCUT2D eigenvalue weighted by molar-refractivity contribution is 0.0845. The molecule has 3 aromatic rings. The predicted octanol–water partition coefficient (Wildman–Crippen LogP) is 4.92. The highest BCUT2D eigenvalue weighted by molar-refractivity contribution is 6.09. The summed E-state index contributed by atoms with van der Waals surface area (Å²) in [5.41, 5.74) is 4.24. The number of hydrogen-bond donors (Lipinski definition) is 2. The number of amides is 1. The smallest absolute Gasteiger partial charge is 0.256 e. The molecule has 0 atom stereocenters. The standard InChI is InChI=1S/C32H44N4O5/c1-5-24-27(36(6-2)22-10-14-40-15-11-22)18-29-25(17-23(41-29)20-35-12-8-7-9-13-35)30(24)32(38)33-19-26-28(39-4)16-21(3)34-31(26)37/h16-18,22H,5-15,19-20H2,1-4H3,(H,33,38)(H,34,37). The summed E-state index contributed by atoms with van der Waals surface area (Å²) in [6.07, 6.45) is 6.27. The molecule has 0 saturated carbocycles. The van der Waals surface area contributed by atoms with E-state index in [1.54, 1.807) is 13.0 Å². The molecule has 0 radical (unpaired) electrons. The van der Waals surface area contributed by atoms with E-state index in [1.165, 1.54) is 26.4 Å². The summed E-state index contributed by atoms with van der Waals surface area (Å²) in [7, 11) is 1.53. The fourth-order valence-corrected chi connectivity index (χ4v) is 6.47. The van der Waals surface area contributed by atoms with Crippen LogP contribution in [0.3, 0.4) is 0 Å². The van der Waals surface area contributed by atoms with Gasteiger partial charge in [-0.3, -0.25) is 14.5 Å². The molecule has 0 aliphatic carbocycles. The zero-order chi connectivity index (χ0) is 28.9. The van der Waals surface area contributed by atoms with Crippen LogP contribution in [0, 0.1) is 6.92 Å². The Bertz CT molecular complexity index is 1420. The molecule has 1 aromatic carbocycles. The van der Waals surface area contributed by atoms with E-state index in [4.69, 9.17) is 13.9 Å². The quantitative estimate of drug-likeness (QED) is 0.361. The number of rotatable bonds is 10. The number of aromatic amines is 1. The Kier molecular flexibility index (Phi) is 9.35. The second-order valence-corrected chi connectivity index (χ2v) is 11.2. The van der Waals surface area contributed by atoms with E-state index in [-0.39, 0.29) is 18.0 Å². The third-order valence-electron chi connectivity index (χ3n) is 8.53. The number of carbonyl (C=O) groups is 1. The van der Waals surface area contributed by atoms with Crippen molar-refractivity contribution >= 4 is 22.6 Å². The average Bonchev–Trinajstić information content (AvgIpc) is 3.38. The maximum atomic E-state index is 14.1. The Balaban J connectivity index is 1.56. The van der Waals surface area contributed by atoms with E-state index in [0.29, 0.717) is 35.0 Å². The summed E-state index contributed by atoms with van der Waals surface area (Å²) in [4.78, 5) is 34.5. The normalized spacial score (nSPS) is 16.7.